The number of hydrogen-bond acceptors (Lipinski definition) is 3. The van der Waals surface area contributed by atoms with Gasteiger partial charge in [-0.05, 0) is 25.6 Å². The van der Waals surface area contributed by atoms with Gasteiger partial charge in [-0.1, -0.05) is 0 Å². The second kappa shape index (κ2) is 3.88. The Hall–Kier alpha value is -1.16. The second-order valence-corrected chi connectivity index (χ2v) is 2.28. The molecule has 1 heterocycles. The van der Waals surface area contributed by atoms with Gasteiger partial charge in [-0.25, -0.2) is 9.78 Å². The van der Waals surface area contributed by atoms with Gasteiger partial charge >= 0.3 is 5.69 Å². The highest BCUT2D eigenvalue weighted by atomic mass is 16.1. The molecule has 2 N–H and O–H groups in total. The zero-order valence-corrected chi connectivity index (χ0v) is 6.42. The highest BCUT2D eigenvalue weighted by Crippen LogP contribution is 1.90. The molecule has 0 aromatic carbocycles. The van der Waals surface area contributed by atoms with Crippen LogP contribution in [-0.2, 0) is 6.42 Å². The predicted molar refractivity (Wildman–Crippen MR) is 42.5 cm³/mol. The Labute approximate surface area is 64.7 Å². The first-order valence-corrected chi connectivity index (χ1v) is 3.51. The topological polar surface area (TPSA) is 57.8 Å². The zero-order chi connectivity index (χ0) is 8.10. The maximum atomic E-state index is 10.5. The van der Waals surface area contributed by atoms with Crippen LogP contribution in [-0.4, -0.2) is 23.6 Å². The van der Waals surface area contributed by atoms with Gasteiger partial charge in [0.05, 0.1) is 0 Å². The maximum absolute atomic E-state index is 10.5. The van der Waals surface area contributed by atoms with Gasteiger partial charge in [0.25, 0.3) is 0 Å². The van der Waals surface area contributed by atoms with Crippen molar-refractivity contribution in [3.8, 4) is 0 Å². The third-order valence-electron chi connectivity index (χ3n) is 1.39. The van der Waals surface area contributed by atoms with Crippen LogP contribution in [0.15, 0.2) is 17.2 Å². The van der Waals surface area contributed by atoms with Crippen LogP contribution in [0.4, 0.5) is 0 Å². The largest absolute Gasteiger partial charge is 0.344 e. The van der Waals surface area contributed by atoms with Crippen LogP contribution >= 0.6 is 0 Å². The third kappa shape index (κ3) is 2.51. The number of nitrogens with zero attached hydrogens (tertiary/aromatic N) is 1. The van der Waals surface area contributed by atoms with Crippen molar-refractivity contribution in [2.24, 2.45) is 0 Å². The Balaban J connectivity index is 2.59. The number of nitrogens with one attached hydrogen (secondary N) is 2. The van der Waals surface area contributed by atoms with Crippen molar-refractivity contribution in [1.82, 2.24) is 15.3 Å². The summed E-state index contributed by atoms with van der Waals surface area (Å²) < 4.78 is 0. The molecule has 1 aromatic rings. The van der Waals surface area contributed by atoms with Crippen LogP contribution in [0.1, 0.15) is 5.56 Å². The highest BCUT2D eigenvalue weighted by Gasteiger charge is 1.90. The molecule has 4 heteroatoms. The molecule has 0 atom stereocenters. The van der Waals surface area contributed by atoms with E-state index in [1.165, 1.54) is 0 Å². The minimum atomic E-state index is -0.293. The number of aromatic amines is 1. The van der Waals surface area contributed by atoms with E-state index in [0.717, 1.165) is 18.5 Å². The molecule has 60 valence electrons. The van der Waals surface area contributed by atoms with E-state index in [9.17, 15) is 4.79 Å². The van der Waals surface area contributed by atoms with Gasteiger partial charge in [-0.15, -0.1) is 0 Å². The lowest BCUT2D eigenvalue weighted by molar-refractivity contribution is 0.783. The van der Waals surface area contributed by atoms with E-state index < -0.39 is 0 Å². The van der Waals surface area contributed by atoms with Crippen LogP contribution in [0.2, 0.25) is 0 Å². The fourth-order valence-electron chi connectivity index (χ4n) is 0.777. The molecule has 4 nitrogen and oxygen atoms in total. The molecule has 1 rings (SSSR count). The average Bonchev–Trinajstić information content (AvgIpc) is 2.04. The Bertz CT molecular complexity index is 248. The molecule has 0 unspecified atom stereocenters. The molecule has 0 saturated heterocycles. The lowest BCUT2D eigenvalue weighted by Crippen LogP contribution is -2.13. The molecule has 11 heavy (non-hydrogen) atoms. The van der Waals surface area contributed by atoms with Gasteiger partial charge in [-0.3, -0.25) is 0 Å². The molecular weight excluding hydrogens is 142 g/mol. The van der Waals surface area contributed by atoms with Gasteiger partial charge in [0.1, 0.15) is 0 Å². The summed E-state index contributed by atoms with van der Waals surface area (Å²) >= 11 is 0. The highest BCUT2D eigenvalue weighted by molar-refractivity contribution is 5.02. The number of aromatic nitrogens is 2. The van der Waals surface area contributed by atoms with Crippen molar-refractivity contribution in [3.05, 3.63) is 28.4 Å². The van der Waals surface area contributed by atoms with Gasteiger partial charge in [0, 0.05) is 12.4 Å². The monoisotopic (exact) mass is 153 g/mol. The van der Waals surface area contributed by atoms with Gasteiger partial charge < -0.3 is 10.3 Å². The molecule has 0 aliphatic heterocycles. The van der Waals surface area contributed by atoms with E-state index in [1.807, 2.05) is 7.05 Å². The summed E-state index contributed by atoms with van der Waals surface area (Å²) in [6, 6.07) is 0. The van der Waals surface area contributed by atoms with E-state index in [0.29, 0.717) is 0 Å². The number of likely N-dealkylation sites (N-methyl/N-ethyl adjacent to an activating group) is 1. The summed E-state index contributed by atoms with van der Waals surface area (Å²) in [5, 5.41) is 3.01. The van der Waals surface area contributed by atoms with Crippen molar-refractivity contribution in [2.75, 3.05) is 13.6 Å². The van der Waals surface area contributed by atoms with Crippen LogP contribution in [0, 0.1) is 0 Å². The normalized spacial score (nSPS) is 9.91. The van der Waals surface area contributed by atoms with Crippen LogP contribution in [0.3, 0.4) is 0 Å². The molecule has 0 amide bonds. The summed E-state index contributed by atoms with van der Waals surface area (Å²) in [5.74, 6) is 0. The van der Waals surface area contributed by atoms with E-state index in [1.54, 1.807) is 12.4 Å². The van der Waals surface area contributed by atoms with Crippen molar-refractivity contribution >= 4 is 0 Å². The Morgan fingerprint density at radius 2 is 2.55 bits per heavy atom. The number of rotatable bonds is 3. The fourth-order valence-corrected chi connectivity index (χ4v) is 0.777. The third-order valence-corrected chi connectivity index (χ3v) is 1.39. The zero-order valence-electron chi connectivity index (χ0n) is 6.42. The summed E-state index contributed by atoms with van der Waals surface area (Å²) in [4.78, 5) is 16.6. The van der Waals surface area contributed by atoms with E-state index in [-0.39, 0.29) is 5.69 Å². The summed E-state index contributed by atoms with van der Waals surface area (Å²) in [6.45, 7) is 0.897. The first kappa shape index (κ1) is 7.94. The Morgan fingerprint density at radius 3 is 3.09 bits per heavy atom. The SMILES string of the molecule is CNCCc1cnc(=O)[nH]c1. The summed E-state index contributed by atoms with van der Waals surface area (Å²) in [5.41, 5.74) is 0.747. The quantitative estimate of drug-likeness (QED) is 0.617. The first-order chi connectivity index (χ1) is 5.33. The molecule has 0 aliphatic rings. The van der Waals surface area contributed by atoms with Gasteiger partial charge in [0.15, 0.2) is 0 Å². The van der Waals surface area contributed by atoms with Gasteiger partial charge in [-0.2, -0.15) is 0 Å². The van der Waals surface area contributed by atoms with Crippen LogP contribution < -0.4 is 11.0 Å². The molecule has 0 fully saturated rings. The lowest BCUT2D eigenvalue weighted by Gasteiger charge is -1.97. The summed E-state index contributed by atoms with van der Waals surface area (Å²) in [7, 11) is 1.89. The molecule has 0 saturated carbocycles. The van der Waals surface area contributed by atoms with Crippen molar-refractivity contribution < 1.29 is 0 Å². The van der Waals surface area contributed by atoms with Crippen molar-refractivity contribution in [2.45, 2.75) is 6.42 Å². The standard InChI is InChI=1S/C7H11N3O/c1-8-3-2-6-4-9-7(11)10-5-6/h4-5,8H,2-3H2,1H3,(H,9,10,11). The van der Waals surface area contributed by atoms with Crippen molar-refractivity contribution in [1.29, 1.82) is 0 Å². The lowest BCUT2D eigenvalue weighted by atomic mass is 10.2. The molecule has 0 bridgehead atoms. The molecule has 0 spiro atoms. The van der Waals surface area contributed by atoms with E-state index in [2.05, 4.69) is 15.3 Å². The molecule has 1 aromatic heterocycles. The number of H-pyrrole nitrogens is 1. The minimum Gasteiger partial charge on any atom is -0.319 e. The predicted octanol–water partition coefficient (Wildman–Crippen LogP) is -0.468. The van der Waals surface area contributed by atoms with Crippen molar-refractivity contribution in [3.63, 3.8) is 0 Å². The van der Waals surface area contributed by atoms with Crippen LogP contribution in [0.25, 0.3) is 0 Å². The fraction of sp³-hybridized carbons (Fsp3) is 0.429. The molecule has 0 radical (unpaired) electrons. The van der Waals surface area contributed by atoms with E-state index in [4.69, 9.17) is 0 Å². The number of hydrogen-bond donors (Lipinski definition) is 2. The minimum absolute atomic E-state index is 0.293. The maximum Gasteiger partial charge on any atom is 0.344 e. The van der Waals surface area contributed by atoms with E-state index >= 15 is 0 Å². The summed E-state index contributed by atoms with van der Waals surface area (Å²) in [6.07, 6.45) is 4.17. The first-order valence-electron chi connectivity index (χ1n) is 3.51. The second-order valence-electron chi connectivity index (χ2n) is 2.28. The van der Waals surface area contributed by atoms with Gasteiger partial charge in [0.2, 0.25) is 0 Å². The van der Waals surface area contributed by atoms with Crippen LogP contribution in [0.5, 0.6) is 0 Å². The Morgan fingerprint density at radius 1 is 1.73 bits per heavy atom. The average molecular weight is 153 g/mol. The smallest absolute Gasteiger partial charge is 0.319 e. The molecular formula is C7H11N3O. The molecule has 0 aliphatic carbocycles. The Kier molecular flexibility index (Phi) is 2.80.